The van der Waals surface area contributed by atoms with Gasteiger partial charge in [0.1, 0.15) is 18.0 Å². The first-order valence-electron chi connectivity index (χ1n) is 5.42. The second-order valence-electron chi connectivity index (χ2n) is 3.83. The van der Waals surface area contributed by atoms with E-state index in [4.69, 9.17) is 9.47 Å². The van der Waals surface area contributed by atoms with E-state index < -0.39 is 0 Å². The normalized spacial score (nSPS) is 28.6. The summed E-state index contributed by atoms with van der Waals surface area (Å²) in [6.07, 6.45) is 0.0736. The molecule has 0 aromatic heterocycles. The van der Waals surface area contributed by atoms with Crippen LogP contribution in [0.3, 0.4) is 0 Å². The molecule has 0 amide bonds. The predicted molar refractivity (Wildman–Crippen MR) is 69.6 cm³/mol. The van der Waals surface area contributed by atoms with Gasteiger partial charge in [0.05, 0.1) is 6.10 Å². The van der Waals surface area contributed by atoms with E-state index in [1.54, 1.807) is 0 Å². The Labute approximate surface area is 109 Å². The van der Waals surface area contributed by atoms with Crippen molar-refractivity contribution in [3.8, 4) is 5.75 Å². The molecule has 16 heavy (non-hydrogen) atoms. The van der Waals surface area contributed by atoms with Gasteiger partial charge in [0.25, 0.3) is 0 Å². The van der Waals surface area contributed by atoms with Crippen LogP contribution in [0, 0.1) is 3.57 Å². The molecule has 88 valence electrons. The third-order valence-electron chi connectivity index (χ3n) is 2.68. The number of rotatable bonds is 4. The van der Waals surface area contributed by atoms with Crippen LogP contribution in [0.15, 0.2) is 24.3 Å². The molecule has 2 rings (SSSR count). The van der Waals surface area contributed by atoms with Crippen molar-refractivity contribution >= 4 is 22.6 Å². The van der Waals surface area contributed by atoms with Crippen molar-refractivity contribution in [3.63, 3.8) is 0 Å². The third kappa shape index (κ3) is 2.67. The smallest absolute Gasteiger partial charge is 0.130 e. The molecule has 0 aliphatic heterocycles. The topological polar surface area (TPSA) is 38.7 Å². The van der Waals surface area contributed by atoms with Gasteiger partial charge in [-0.3, -0.25) is 0 Å². The molecule has 3 nitrogen and oxygen atoms in total. The molecule has 1 aromatic rings. The van der Waals surface area contributed by atoms with E-state index in [1.807, 2.05) is 31.2 Å². The Hall–Kier alpha value is -0.330. The van der Waals surface area contributed by atoms with Crippen LogP contribution in [-0.4, -0.2) is 30.0 Å². The van der Waals surface area contributed by atoms with Gasteiger partial charge in [-0.25, -0.2) is 0 Å². The second-order valence-corrected chi connectivity index (χ2v) is 5.08. The van der Waals surface area contributed by atoms with Crippen molar-refractivity contribution in [3.05, 3.63) is 27.8 Å². The zero-order valence-electron chi connectivity index (χ0n) is 9.10. The first-order chi connectivity index (χ1) is 7.70. The summed E-state index contributed by atoms with van der Waals surface area (Å²) in [5.74, 6) is 0.835. The van der Waals surface area contributed by atoms with Gasteiger partial charge in [-0.1, -0.05) is 0 Å². The molecule has 0 spiro atoms. The van der Waals surface area contributed by atoms with Gasteiger partial charge in [0.2, 0.25) is 0 Å². The van der Waals surface area contributed by atoms with Crippen molar-refractivity contribution in [1.29, 1.82) is 0 Å². The Morgan fingerprint density at radius 1 is 1.38 bits per heavy atom. The number of benzene rings is 1. The molecule has 1 N–H and O–H groups in total. The van der Waals surface area contributed by atoms with Crippen LogP contribution in [-0.2, 0) is 4.74 Å². The molecule has 0 heterocycles. The fraction of sp³-hybridized carbons (Fsp3) is 0.500. The minimum atomic E-state index is -0.381. The van der Waals surface area contributed by atoms with Crippen LogP contribution in [0.4, 0.5) is 0 Å². The number of hydrogen-bond donors (Lipinski definition) is 1. The molecule has 1 aliphatic rings. The highest BCUT2D eigenvalue weighted by Gasteiger charge is 2.42. The monoisotopic (exact) mass is 334 g/mol. The van der Waals surface area contributed by atoms with Crippen LogP contribution in [0.25, 0.3) is 0 Å². The number of aliphatic hydroxyl groups is 1. The molecule has 1 aromatic carbocycles. The Bertz CT molecular complexity index is 339. The lowest BCUT2D eigenvalue weighted by Crippen LogP contribution is -2.55. The lowest BCUT2D eigenvalue weighted by atomic mass is 9.88. The van der Waals surface area contributed by atoms with Gasteiger partial charge < -0.3 is 14.6 Å². The Balaban J connectivity index is 1.92. The quantitative estimate of drug-likeness (QED) is 0.858. The molecule has 0 saturated heterocycles. The van der Waals surface area contributed by atoms with Crippen LogP contribution in [0.1, 0.15) is 13.3 Å². The van der Waals surface area contributed by atoms with Gasteiger partial charge in [-0.15, -0.1) is 0 Å². The van der Waals surface area contributed by atoms with E-state index in [0.29, 0.717) is 13.0 Å². The van der Waals surface area contributed by atoms with Gasteiger partial charge >= 0.3 is 0 Å². The maximum atomic E-state index is 9.53. The summed E-state index contributed by atoms with van der Waals surface area (Å²) in [4.78, 5) is 0. The number of halogens is 1. The Morgan fingerprint density at radius 3 is 2.62 bits per heavy atom. The summed E-state index contributed by atoms with van der Waals surface area (Å²) in [7, 11) is 0. The number of aliphatic hydroxyl groups excluding tert-OH is 1. The number of ether oxygens (including phenoxy) is 2. The molecule has 0 radical (unpaired) electrons. The standard InChI is InChI=1S/C12H15IO3/c1-2-15-12-10(14)7-11(12)16-9-5-3-8(13)4-6-9/h3-6,10-12,14H,2,7H2,1H3. The summed E-state index contributed by atoms with van der Waals surface area (Å²) in [5.41, 5.74) is 0. The van der Waals surface area contributed by atoms with E-state index in [-0.39, 0.29) is 18.3 Å². The summed E-state index contributed by atoms with van der Waals surface area (Å²) >= 11 is 2.25. The van der Waals surface area contributed by atoms with Crippen molar-refractivity contribution in [1.82, 2.24) is 0 Å². The van der Waals surface area contributed by atoms with Crippen molar-refractivity contribution in [2.24, 2.45) is 0 Å². The zero-order chi connectivity index (χ0) is 11.5. The van der Waals surface area contributed by atoms with Crippen molar-refractivity contribution in [2.45, 2.75) is 31.7 Å². The molecule has 1 aliphatic carbocycles. The third-order valence-corrected chi connectivity index (χ3v) is 3.40. The predicted octanol–water partition coefficient (Wildman–Crippen LogP) is 2.21. The molecule has 1 fully saturated rings. The summed E-state index contributed by atoms with van der Waals surface area (Å²) in [5, 5.41) is 9.53. The summed E-state index contributed by atoms with van der Waals surface area (Å²) < 4.78 is 12.4. The maximum absolute atomic E-state index is 9.53. The minimum absolute atomic E-state index is 0.0185. The SMILES string of the molecule is CCOC1C(O)CC1Oc1ccc(I)cc1. The van der Waals surface area contributed by atoms with E-state index in [9.17, 15) is 5.11 Å². The second kappa shape index (κ2) is 5.33. The first kappa shape index (κ1) is 12.1. The van der Waals surface area contributed by atoms with Crippen LogP contribution in [0.5, 0.6) is 5.75 Å². The molecule has 3 unspecified atom stereocenters. The fourth-order valence-corrected chi connectivity index (χ4v) is 2.13. The lowest BCUT2D eigenvalue weighted by molar-refractivity contribution is -0.160. The highest BCUT2D eigenvalue weighted by atomic mass is 127. The first-order valence-corrected chi connectivity index (χ1v) is 6.50. The fourth-order valence-electron chi connectivity index (χ4n) is 1.77. The molecule has 3 atom stereocenters. The average Bonchev–Trinajstić information content (AvgIpc) is 2.28. The van der Waals surface area contributed by atoms with Gasteiger partial charge in [-0.2, -0.15) is 0 Å². The van der Waals surface area contributed by atoms with Crippen LogP contribution >= 0.6 is 22.6 Å². The van der Waals surface area contributed by atoms with Gasteiger partial charge in [0, 0.05) is 16.6 Å². The summed E-state index contributed by atoms with van der Waals surface area (Å²) in [6.45, 7) is 2.53. The largest absolute Gasteiger partial charge is 0.488 e. The molecular formula is C12H15IO3. The maximum Gasteiger partial charge on any atom is 0.130 e. The Morgan fingerprint density at radius 2 is 2.06 bits per heavy atom. The van der Waals surface area contributed by atoms with E-state index in [0.717, 1.165) is 5.75 Å². The zero-order valence-corrected chi connectivity index (χ0v) is 11.3. The molecule has 1 saturated carbocycles. The van der Waals surface area contributed by atoms with Crippen LogP contribution < -0.4 is 4.74 Å². The minimum Gasteiger partial charge on any atom is -0.488 e. The average molecular weight is 334 g/mol. The van der Waals surface area contributed by atoms with E-state index in [2.05, 4.69) is 22.6 Å². The van der Waals surface area contributed by atoms with Crippen molar-refractivity contribution < 1.29 is 14.6 Å². The van der Waals surface area contributed by atoms with E-state index in [1.165, 1.54) is 3.57 Å². The van der Waals surface area contributed by atoms with Crippen molar-refractivity contribution in [2.75, 3.05) is 6.61 Å². The molecule has 4 heteroatoms. The van der Waals surface area contributed by atoms with Gasteiger partial charge in [0.15, 0.2) is 0 Å². The highest BCUT2D eigenvalue weighted by Crippen LogP contribution is 2.29. The Kier molecular flexibility index (Phi) is 4.05. The van der Waals surface area contributed by atoms with Crippen LogP contribution in [0.2, 0.25) is 0 Å². The summed E-state index contributed by atoms with van der Waals surface area (Å²) in [6, 6.07) is 7.88. The van der Waals surface area contributed by atoms with E-state index >= 15 is 0 Å². The van der Waals surface area contributed by atoms with Gasteiger partial charge in [-0.05, 0) is 53.8 Å². The molecule has 0 bridgehead atoms. The highest BCUT2D eigenvalue weighted by molar-refractivity contribution is 14.1. The lowest BCUT2D eigenvalue weighted by Gasteiger charge is -2.40. The number of hydrogen-bond acceptors (Lipinski definition) is 3. The molecular weight excluding hydrogens is 319 g/mol.